The molecule has 2 aliphatic heterocycles. The van der Waals surface area contributed by atoms with Crippen LogP contribution in [0.3, 0.4) is 0 Å². The molecule has 122 valence electrons. The van der Waals surface area contributed by atoms with Gasteiger partial charge in [0.1, 0.15) is 0 Å². The molecule has 2 aliphatic rings. The van der Waals surface area contributed by atoms with Crippen LogP contribution in [0.4, 0.5) is 0 Å². The third-order valence-electron chi connectivity index (χ3n) is 4.58. The van der Waals surface area contributed by atoms with Crippen molar-refractivity contribution >= 4 is 15.7 Å². The molecule has 0 aromatic carbocycles. The lowest BCUT2D eigenvalue weighted by molar-refractivity contribution is -0.134. The van der Waals surface area contributed by atoms with Gasteiger partial charge in [0.2, 0.25) is 5.91 Å². The molecule has 21 heavy (non-hydrogen) atoms. The number of unbranched alkanes of at least 4 members (excludes halogenated alkanes) is 1. The minimum absolute atomic E-state index is 0.0920. The van der Waals surface area contributed by atoms with Crippen LogP contribution in [0, 0.1) is 5.92 Å². The minimum Gasteiger partial charge on any atom is -0.339 e. The Balaban J connectivity index is 1.95. The standard InChI is InChI=1S/C15H28N2O3S/c1-2-3-8-17(14-6-9-21(19,20)12-14)15(18)10-13-5-4-7-16-11-13/h13-14,16H,2-12H2,1H3. The summed E-state index contributed by atoms with van der Waals surface area (Å²) in [4.78, 5) is 14.5. The monoisotopic (exact) mass is 316 g/mol. The van der Waals surface area contributed by atoms with Crippen LogP contribution in [0.2, 0.25) is 0 Å². The van der Waals surface area contributed by atoms with Gasteiger partial charge in [0.25, 0.3) is 0 Å². The lowest BCUT2D eigenvalue weighted by Gasteiger charge is -2.31. The summed E-state index contributed by atoms with van der Waals surface area (Å²) in [6.45, 7) is 4.76. The van der Waals surface area contributed by atoms with E-state index in [1.165, 1.54) is 0 Å². The van der Waals surface area contributed by atoms with E-state index in [2.05, 4.69) is 12.2 Å². The van der Waals surface area contributed by atoms with Gasteiger partial charge in [-0.15, -0.1) is 0 Å². The first-order valence-electron chi connectivity index (χ1n) is 8.22. The Morgan fingerprint density at radius 1 is 1.33 bits per heavy atom. The van der Waals surface area contributed by atoms with Crippen molar-refractivity contribution in [1.29, 1.82) is 0 Å². The Hall–Kier alpha value is -0.620. The van der Waals surface area contributed by atoms with Crippen molar-refractivity contribution in [2.24, 2.45) is 5.92 Å². The zero-order valence-electron chi connectivity index (χ0n) is 13.0. The van der Waals surface area contributed by atoms with Gasteiger partial charge in [-0.25, -0.2) is 8.42 Å². The molecular formula is C15H28N2O3S. The molecule has 0 aromatic rings. The molecule has 2 rings (SSSR count). The normalized spacial score (nSPS) is 28.4. The van der Waals surface area contributed by atoms with E-state index in [0.29, 0.717) is 25.3 Å². The van der Waals surface area contributed by atoms with Crippen LogP contribution >= 0.6 is 0 Å². The summed E-state index contributed by atoms with van der Waals surface area (Å²) in [5.41, 5.74) is 0. The average molecular weight is 316 g/mol. The molecule has 2 atom stereocenters. The summed E-state index contributed by atoms with van der Waals surface area (Å²) >= 11 is 0. The highest BCUT2D eigenvalue weighted by atomic mass is 32.2. The second kappa shape index (κ2) is 7.58. The topological polar surface area (TPSA) is 66.5 Å². The number of hydrogen-bond acceptors (Lipinski definition) is 4. The van der Waals surface area contributed by atoms with Gasteiger partial charge in [-0.05, 0) is 44.7 Å². The maximum Gasteiger partial charge on any atom is 0.223 e. The van der Waals surface area contributed by atoms with Gasteiger partial charge >= 0.3 is 0 Å². The summed E-state index contributed by atoms with van der Waals surface area (Å²) in [7, 11) is -2.94. The summed E-state index contributed by atoms with van der Waals surface area (Å²) in [5.74, 6) is 0.955. The summed E-state index contributed by atoms with van der Waals surface area (Å²) in [5, 5.41) is 3.34. The third kappa shape index (κ3) is 4.95. The first-order chi connectivity index (χ1) is 10.0. The van der Waals surface area contributed by atoms with E-state index in [4.69, 9.17) is 0 Å². The van der Waals surface area contributed by atoms with Crippen molar-refractivity contribution in [1.82, 2.24) is 10.2 Å². The summed E-state index contributed by atoms with van der Waals surface area (Å²) in [6.07, 6.45) is 5.38. The number of piperidine rings is 1. The van der Waals surface area contributed by atoms with Crippen molar-refractivity contribution in [3.8, 4) is 0 Å². The maximum absolute atomic E-state index is 12.6. The molecule has 1 N–H and O–H groups in total. The first-order valence-corrected chi connectivity index (χ1v) is 10.0. The second-order valence-electron chi connectivity index (χ2n) is 6.41. The van der Waals surface area contributed by atoms with Gasteiger partial charge in [0.15, 0.2) is 9.84 Å². The van der Waals surface area contributed by atoms with Crippen molar-refractivity contribution < 1.29 is 13.2 Å². The maximum atomic E-state index is 12.6. The van der Waals surface area contributed by atoms with E-state index in [-0.39, 0.29) is 23.5 Å². The first kappa shape index (κ1) is 16.7. The van der Waals surface area contributed by atoms with Gasteiger partial charge < -0.3 is 10.2 Å². The van der Waals surface area contributed by atoms with E-state index < -0.39 is 9.84 Å². The highest BCUT2D eigenvalue weighted by Crippen LogP contribution is 2.22. The average Bonchev–Trinajstić information content (AvgIpc) is 2.80. The van der Waals surface area contributed by atoms with Crippen LogP contribution < -0.4 is 5.32 Å². The number of sulfone groups is 1. The lowest BCUT2D eigenvalue weighted by Crippen LogP contribution is -2.43. The van der Waals surface area contributed by atoms with Crippen LogP contribution in [0.1, 0.15) is 45.4 Å². The van der Waals surface area contributed by atoms with E-state index in [1.54, 1.807) is 0 Å². The molecule has 0 spiro atoms. The number of carbonyl (C=O) groups is 1. The zero-order chi connectivity index (χ0) is 15.3. The Labute approximate surface area is 128 Å². The van der Waals surface area contributed by atoms with Crippen molar-refractivity contribution in [2.75, 3.05) is 31.1 Å². The van der Waals surface area contributed by atoms with Crippen LogP contribution in [0.25, 0.3) is 0 Å². The SMILES string of the molecule is CCCCN(C(=O)CC1CCCNC1)C1CCS(=O)(=O)C1. The molecule has 1 amide bonds. The van der Waals surface area contributed by atoms with Gasteiger partial charge in [-0.3, -0.25) is 4.79 Å². The fraction of sp³-hybridized carbons (Fsp3) is 0.933. The van der Waals surface area contributed by atoms with Crippen LogP contribution in [0.15, 0.2) is 0 Å². The van der Waals surface area contributed by atoms with Crippen molar-refractivity contribution in [3.05, 3.63) is 0 Å². The number of nitrogens with zero attached hydrogens (tertiary/aromatic N) is 1. The molecule has 0 bridgehead atoms. The van der Waals surface area contributed by atoms with Gasteiger partial charge in [-0.2, -0.15) is 0 Å². The van der Waals surface area contributed by atoms with Gasteiger partial charge in [0.05, 0.1) is 11.5 Å². The predicted molar refractivity (Wildman–Crippen MR) is 83.9 cm³/mol. The number of rotatable bonds is 6. The van der Waals surface area contributed by atoms with Crippen LogP contribution in [0.5, 0.6) is 0 Å². The summed E-state index contributed by atoms with van der Waals surface area (Å²) in [6, 6.07) is -0.0920. The molecule has 0 aliphatic carbocycles. The molecule has 5 nitrogen and oxygen atoms in total. The second-order valence-corrected chi connectivity index (χ2v) is 8.64. The highest BCUT2D eigenvalue weighted by molar-refractivity contribution is 7.91. The summed E-state index contributed by atoms with van der Waals surface area (Å²) < 4.78 is 23.4. The van der Waals surface area contributed by atoms with Crippen LogP contribution in [-0.4, -0.2) is 56.4 Å². The Bertz CT molecular complexity index is 444. The van der Waals surface area contributed by atoms with Gasteiger partial charge in [0, 0.05) is 19.0 Å². The van der Waals surface area contributed by atoms with Crippen molar-refractivity contribution in [3.63, 3.8) is 0 Å². The lowest BCUT2D eigenvalue weighted by atomic mass is 9.95. The Kier molecular flexibility index (Phi) is 6.05. The largest absolute Gasteiger partial charge is 0.339 e. The fourth-order valence-corrected chi connectivity index (χ4v) is 5.05. The Morgan fingerprint density at radius 2 is 2.14 bits per heavy atom. The molecule has 0 aromatic heterocycles. The minimum atomic E-state index is -2.94. The quantitative estimate of drug-likeness (QED) is 0.799. The van der Waals surface area contributed by atoms with E-state index in [9.17, 15) is 13.2 Å². The molecule has 2 saturated heterocycles. The fourth-order valence-electron chi connectivity index (χ4n) is 3.32. The number of carbonyl (C=O) groups excluding carboxylic acids is 1. The highest BCUT2D eigenvalue weighted by Gasteiger charge is 2.34. The Morgan fingerprint density at radius 3 is 2.71 bits per heavy atom. The molecule has 0 radical (unpaired) electrons. The number of amides is 1. The molecule has 6 heteroatoms. The number of nitrogens with one attached hydrogen (secondary N) is 1. The van der Waals surface area contributed by atoms with Gasteiger partial charge in [-0.1, -0.05) is 13.3 Å². The third-order valence-corrected chi connectivity index (χ3v) is 6.33. The molecule has 2 fully saturated rings. The van der Waals surface area contributed by atoms with Crippen LogP contribution in [-0.2, 0) is 14.6 Å². The molecular weight excluding hydrogens is 288 g/mol. The van der Waals surface area contributed by atoms with E-state index in [0.717, 1.165) is 38.8 Å². The smallest absolute Gasteiger partial charge is 0.223 e. The molecule has 0 saturated carbocycles. The zero-order valence-corrected chi connectivity index (χ0v) is 13.8. The van der Waals surface area contributed by atoms with E-state index >= 15 is 0 Å². The molecule has 2 heterocycles. The molecule has 2 unspecified atom stereocenters. The number of hydrogen-bond donors (Lipinski definition) is 1. The van der Waals surface area contributed by atoms with E-state index in [1.807, 2.05) is 4.90 Å². The van der Waals surface area contributed by atoms with Crippen molar-refractivity contribution in [2.45, 2.75) is 51.5 Å². The predicted octanol–water partition coefficient (Wildman–Crippen LogP) is 1.19.